The van der Waals surface area contributed by atoms with E-state index in [4.69, 9.17) is 10.5 Å². The fraction of sp³-hybridized carbons (Fsp3) is 0.500. The van der Waals surface area contributed by atoms with Gasteiger partial charge in [-0.1, -0.05) is 13.8 Å². The Bertz CT molecular complexity index is 742. The molecule has 1 fully saturated rings. The molecule has 10 heteroatoms. The van der Waals surface area contributed by atoms with Crippen LogP contribution < -0.4 is 21.3 Å². The van der Waals surface area contributed by atoms with Gasteiger partial charge in [-0.15, -0.1) is 0 Å². The number of benzene rings is 1. The minimum absolute atomic E-state index is 0.110. The van der Waals surface area contributed by atoms with Crippen molar-refractivity contribution in [1.82, 2.24) is 5.32 Å². The first kappa shape index (κ1) is 21.7. The number of alkyl halides is 2. The summed E-state index contributed by atoms with van der Waals surface area (Å²) < 4.78 is 32.1. The van der Waals surface area contributed by atoms with Gasteiger partial charge < -0.3 is 26.0 Å². The number of nitrogens with one attached hydrogen (secondary N) is 2. The average molecular weight is 398 g/mol. The molecule has 1 heterocycles. The molecule has 1 atom stereocenters. The van der Waals surface area contributed by atoms with Crippen LogP contribution in [0.5, 0.6) is 0 Å². The van der Waals surface area contributed by atoms with Crippen LogP contribution in [0.25, 0.3) is 0 Å². The van der Waals surface area contributed by atoms with Gasteiger partial charge in [-0.05, 0) is 18.2 Å². The minimum Gasteiger partial charge on any atom is -0.370 e. The van der Waals surface area contributed by atoms with Crippen molar-refractivity contribution in [3.63, 3.8) is 0 Å². The summed E-state index contributed by atoms with van der Waals surface area (Å²) in [4.78, 5) is 37.4. The van der Waals surface area contributed by atoms with Gasteiger partial charge in [0.25, 0.3) is 12.3 Å². The Labute approximate surface area is 161 Å². The van der Waals surface area contributed by atoms with Crippen LogP contribution in [0, 0.1) is 5.92 Å². The van der Waals surface area contributed by atoms with Crippen molar-refractivity contribution >= 4 is 29.1 Å². The van der Waals surface area contributed by atoms with Gasteiger partial charge in [-0.3, -0.25) is 14.4 Å². The predicted octanol–water partition coefficient (Wildman–Crippen LogP) is 1.03. The Morgan fingerprint density at radius 1 is 1.29 bits per heavy atom. The molecule has 1 saturated heterocycles. The quantitative estimate of drug-likeness (QED) is 0.635. The molecule has 4 N–H and O–H groups in total. The lowest BCUT2D eigenvalue weighted by molar-refractivity contribution is -0.128. The number of halogens is 2. The number of nitrogens with two attached hydrogens (primary N) is 1. The number of ether oxygens (including phenoxy) is 1. The van der Waals surface area contributed by atoms with E-state index in [2.05, 4.69) is 10.6 Å². The zero-order valence-electron chi connectivity index (χ0n) is 15.7. The first-order chi connectivity index (χ1) is 13.2. The molecule has 0 aromatic heterocycles. The van der Waals surface area contributed by atoms with E-state index in [0.717, 1.165) is 6.07 Å². The third-order valence-corrected chi connectivity index (χ3v) is 4.22. The van der Waals surface area contributed by atoms with E-state index in [1.54, 1.807) is 13.8 Å². The topological polar surface area (TPSA) is 114 Å². The monoisotopic (exact) mass is 398 g/mol. The number of hydrogen-bond acceptors (Lipinski definition) is 5. The minimum atomic E-state index is -2.88. The standard InChI is InChI=1S/C18H24F2N4O4/c1-10(2)17(26)23-14(8-21)18(27)22-13-4-3-11(7-12(13)16(19)20)24-5-6-28-9-15(24)25/h3-4,7,10,14,16H,5-6,8-9,21H2,1-2H3,(H,22,27)(H,23,26)/t14-/m0/s1. The van der Waals surface area contributed by atoms with E-state index in [-0.39, 0.29) is 43.1 Å². The molecule has 28 heavy (non-hydrogen) atoms. The van der Waals surface area contributed by atoms with E-state index < -0.39 is 23.9 Å². The zero-order chi connectivity index (χ0) is 20.8. The Kier molecular flexibility index (Phi) is 7.41. The molecule has 0 radical (unpaired) electrons. The molecule has 3 amide bonds. The maximum Gasteiger partial charge on any atom is 0.265 e. The third kappa shape index (κ3) is 5.23. The normalized spacial score (nSPS) is 15.7. The molecule has 1 aliphatic rings. The Morgan fingerprint density at radius 2 is 2.00 bits per heavy atom. The number of morpholine rings is 1. The Hall–Kier alpha value is -2.59. The van der Waals surface area contributed by atoms with E-state index in [0.29, 0.717) is 12.3 Å². The van der Waals surface area contributed by atoms with Crippen molar-refractivity contribution in [3.8, 4) is 0 Å². The highest BCUT2D eigenvalue weighted by atomic mass is 19.3. The van der Waals surface area contributed by atoms with Gasteiger partial charge in [0.15, 0.2) is 0 Å². The Balaban J connectivity index is 2.21. The van der Waals surface area contributed by atoms with Crippen LogP contribution in [0.1, 0.15) is 25.8 Å². The van der Waals surface area contributed by atoms with E-state index in [1.165, 1.54) is 17.0 Å². The second kappa shape index (κ2) is 9.56. The lowest BCUT2D eigenvalue weighted by Crippen LogP contribution is -2.49. The molecule has 0 bridgehead atoms. The summed E-state index contributed by atoms with van der Waals surface area (Å²) in [5.41, 5.74) is 5.28. The second-order valence-corrected chi connectivity index (χ2v) is 6.61. The average Bonchev–Trinajstić information content (AvgIpc) is 2.66. The molecule has 1 aliphatic heterocycles. The van der Waals surface area contributed by atoms with Gasteiger partial charge in [0.1, 0.15) is 12.6 Å². The summed E-state index contributed by atoms with van der Waals surface area (Å²) in [6.45, 7) is 3.57. The molecule has 8 nitrogen and oxygen atoms in total. The summed E-state index contributed by atoms with van der Waals surface area (Å²) in [5, 5.41) is 4.86. The van der Waals surface area contributed by atoms with Crippen molar-refractivity contribution in [1.29, 1.82) is 0 Å². The first-order valence-corrected chi connectivity index (χ1v) is 8.86. The number of nitrogens with zero attached hydrogens (tertiary/aromatic N) is 1. The number of rotatable bonds is 7. The van der Waals surface area contributed by atoms with Crippen LogP contribution in [-0.4, -0.2) is 50.1 Å². The van der Waals surface area contributed by atoms with Crippen LogP contribution in [-0.2, 0) is 19.1 Å². The maximum absolute atomic E-state index is 13.5. The second-order valence-electron chi connectivity index (χ2n) is 6.61. The Morgan fingerprint density at radius 3 is 2.57 bits per heavy atom. The summed E-state index contributed by atoms with van der Waals surface area (Å²) in [5.74, 6) is -1.76. The molecule has 2 rings (SSSR count). The van der Waals surface area contributed by atoms with Crippen molar-refractivity contribution in [2.75, 3.05) is 36.5 Å². The summed E-state index contributed by atoms with van der Waals surface area (Å²) in [6.07, 6.45) is -2.88. The number of anilines is 2. The summed E-state index contributed by atoms with van der Waals surface area (Å²) in [7, 11) is 0. The molecule has 0 saturated carbocycles. The maximum atomic E-state index is 13.5. The number of hydrogen-bond donors (Lipinski definition) is 3. The van der Waals surface area contributed by atoms with Gasteiger partial charge in [-0.2, -0.15) is 0 Å². The molecule has 0 unspecified atom stereocenters. The van der Waals surface area contributed by atoms with Gasteiger partial charge in [0, 0.05) is 35.9 Å². The highest BCUT2D eigenvalue weighted by Crippen LogP contribution is 2.32. The SMILES string of the molecule is CC(C)C(=O)N[C@@H](CN)C(=O)Nc1ccc(N2CCOCC2=O)cc1C(F)F. The zero-order valence-corrected chi connectivity index (χ0v) is 15.7. The van der Waals surface area contributed by atoms with Gasteiger partial charge in [0.05, 0.1) is 6.61 Å². The summed E-state index contributed by atoms with van der Waals surface area (Å²) in [6, 6.07) is 2.87. The van der Waals surface area contributed by atoms with Crippen LogP contribution in [0.15, 0.2) is 18.2 Å². The van der Waals surface area contributed by atoms with E-state index in [9.17, 15) is 23.2 Å². The molecule has 1 aromatic carbocycles. The fourth-order valence-electron chi connectivity index (χ4n) is 2.59. The highest BCUT2D eigenvalue weighted by Gasteiger charge is 2.25. The smallest absolute Gasteiger partial charge is 0.265 e. The van der Waals surface area contributed by atoms with Crippen LogP contribution in [0.4, 0.5) is 20.2 Å². The number of carbonyl (C=O) groups excluding carboxylic acids is 3. The lowest BCUT2D eigenvalue weighted by Gasteiger charge is -2.27. The number of carbonyl (C=O) groups is 3. The van der Waals surface area contributed by atoms with Crippen molar-refractivity contribution in [2.45, 2.75) is 26.3 Å². The van der Waals surface area contributed by atoms with Crippen molar-refractivity contribution in [2.24, 2.45) is 11.7 Å². The molecule has 154 valence electrons. The predicted molar refractivity (Wildman–Crippen MR) is 99.0 cm³/mol. The fourth-order valence-corrected chi connectivity index (χ4v) is 2.59. The molecule has 0 spiro atoms. The van der Waals surface area contributed by atoms with Gasteiger partial charge in [-0.25, -0.2) is 8.78 Å². The molecular formula is C18H24F2N4O4. The van der Waals surface area contributed by atoms with Gasteiger partial charge >= 0.3 is 0 Å². The summed E-state index contributed by atoms with van der Waals surface area (Å²) >= 11 is 0. The van der Waals surface area contributed by atoms with Crippen LogP contribution in [0.2, 0.25) is 0 Å². The molecule has 1 aromatic rings. The molecular weight excluding hydrogens is 374 g/mol. The highest BCUT2D eigenvalue weighted by molar-refractivity contribution is 5.99. The molecule has 0 aliphatic carbocycles. The van der Waals surface area contributed by atoms with Crippen molar-refractivity contribution < 1.29 is 27.9 Å². The van der Waals surface area contributed by atoms with E-state index in [1.807, 2.05) is 0 Å². The largest absolute Gasteiger partial charge is 0.370 e. The van der Waals surface area contributed by atoms with E-state index >= 15 is 0 Å². The number of amides is 3. The van der Waals surface area contributed by atoms with Crippen LogP contribution >= 0.6 is 0 Å². The van der Waals surface area contributed by atoms with Crippen molar-refractivity contribution in [3.05, 3.63) is 23.8 Å². The van der Waals surface area contributed by atoms with Crippen LogP contribution in [0.3, 0.4) is 0 Å². The van der Waals surface area contributed by atoms with Gasteiger partial charge in [0.2, 0.25) is 11.8 Å². The third-order valence-electron chi connectivity index (χ3n) is 4.22. The first-order valence-electron chi connectivity index (χ1n) is 8.86. The lowest BCUT2D eigenvalue weighted by atomic mass is 10.1.